The first-order valence-electron chi connectivity index (χ1n) is 7.82. The van der Waals surface area contributed by atoms with Gasteiger partial charge in [0.25, 0.3) is 0 Å². The van der Waals surface area contributed by atoms with Crippen molar-refractivity contribution in [3.63, 3.8) is 0 Å². The van der Waals surface area contributed by atoms with Gasteiger partial charge in [-0.3, -0.25) is 0 Å². The molecule has 134 valence electrons. The fourth-order valence-corrected chi connectivity index (χ4v) is 2.94. The minimum absolute atomic E-state index is 0.000361. The fourth-order valence-electron chi connectivity index (χ4n) is 2.94. The molecule has 1 fully saturated rings. The van der Waals surface area contributed by atoms with Crippen LogP contribution < -0.4 is 10.6 Å². The Kier molecular flexibility index (Phi) is 6.04. The summed E-state index contributed by atoms with van der Waals surface area (Å²) in [6.07, 6.45) is -4.11. The van der Waals surface area contributed by atoms with Crippen LogP contribution in [0.3, 0.4) is 0 Å². The standard InChI is InChI=1S/C16H20F4N2O2/c17-11-5-3-4-10(8-11)14(23)9-21-15(24)22-13-7-2-1-6-12(13)16(18,19)20/h3-5,8,12-14,23H,1-2,6-7,9H2,(H2,21,22,24). The number of urea groups is 1. The average Bonchev–Trinajstić information content (AvgIpc) is 2.52. The number of amides is 2. The molecule has 0 aliphatic heterocycles. The van der Waals surface area contributed by atoms with Crippen molar-refractivity contribution in [3.05, 3.63) is 35.6 Å². The van der Waals surface area contributed by atoms with Gasteiger partial charge in [0.15, 0.2) is 0 Å². The van der Waals surface area contributed by atoms with Crippen LogP contribution in [0.4, 0.5) is 22.4 Å². The van der Waals surface area contributed by atoms with Gasteiger partial charge in [-0.2, -0.15) is 13.2 Å². The molecule has 2 rings (SSSR count). The van der Waals surface area contributed by atoms with Gasteiger partial charge in [0.1, 0.15) is 5.82 Å². The first kappa shape index (κ1) is 18.5. The van der Waals surface area contributed by atoms with E-state index in [0.717, 1.165) is 6.07 Å². The Morgan fingerprint density at radius 2 is 2.00 bits per heavy atom. The van der Waals surface area contributed by atoms with Gasteiger partial charge >= 0.3 is 12.2 Å². The van der Waals surface area contributed by atoms with Crippen LogP contribution in [-0.2, 0) is 0 Å². The molecule has 0 heterocycles. The van der Waals surface area contributed by atoms with Crippen molar-refractivity contribution in [2.75, 3.05) is 6.54 Å². The number of hydrogen-bond donors (Lipinski definition) is 3. The van der Waals surface area contributed by atoms with E-state index >= 15 is 0 Å². The molecule has 8 heteroatoms. The topological polar surface area (TPSA) is 61.4 Å². The van der Waals surface area contributed by atoms with E-state index in [-0.39, 0.29) is 24.9 Å². The molecule has 2 amide bonds. The summed E-state index contributed by atoms with van der Waals surface area (Å²) in [5.74, 6) is -2.07. The van der Waals surface area contributed by atoms with E-state index in [9.17, 15) is 27.5 Å². The van der Waals surface area contributed by atoms with Gasteiger partial charge in [0, 0.05) is 12.6 Å². The second-order valence-corrected chi connectivity index (χ2v) is 5.96. The molecule has 0 radical (unpaired) electrons. The zero-order valence-electron chi connectivity index (χ0n) is 12.9. The smallest absolute Gasteiger partial charge is 0.387 e. The van der Waals surface area contributed by atoms with Crippen molar-refractivity contribution in [3.8, 4) is 0 Å². The normalized spacial score (nSPS) is 22.7. The predicted octanol–water partition coefficient (Wildman–Crippen LogP) is 3.28. The maximum absolute atomic E-state index is 13.1. The lowest BCUT2D eigenvalue weighted by Crippen LogP contribution is -2.51. The van der Waals surface area contributed by atoms with Crippen molar-refractivity contribution >= 4 is 6.03 Å². The van der Waals surface area contributed by atoms with Crippen LogP contribution in [0.25, 0.3) is 0 Å². The lowest BCUT2D eigenvalue weighted by atomic mass is 9.84. The van der Waals surface area contributed by atoms with Crippen molar-refractivity contribution in [2.24, 2.45) is 5.92 Å². The van der Waals surface area contributed by atoms with Crippen molar-refractivity contribution in [2.45, 2.75) is 44.0 Å². The number of carbonyl (C=O) groups excluding carboxylic acids is 1. The molecule has 3 N–H and O–H groups in total. The molecule has 24 heavy (non-hydrogen) atoms. The molecule has 0 spiro atoms. The van der Waals surface area contributed by atoms with Crippen LogP contribution in [0, 0.1) is 11.7 Å². The molecule has 1 aromatic carbocycles. The number of nitrogens with one attached hydrogen (secondary N) is 2. The van der Waals surface area contributed by atoms with Crippen molar-refractivity contribution in [1.29, 1.82) is 0 Å². The molecular formula is C16H20F4N2O2. The van der Waals surface area contributed by atoms with Crippen LogP contribution in [-0.4, -0.2) is 29.9 Å². The van der Waals surface area contributed by atoms with Crippen LogP contribution in [0.1, 0.15) is 37.4 Å². The van der Waals surface area contributed by atoms with E-state index in [1.807, 2.05) is 0 Å². The molecule has 1 saturated carbocycles. The number of aliphatic hydroxyl groups excluding tert-OH is 1. The van der Waals surface area contributed by atoms with Gasteiger partial charge in [-0.15, -0.1) is 0 Å². The third-order valence-corrected chi connectivity index (χ3v) is 4.19. The van der Waals surface area contributed by atoms with Gasteiger partial charge in [-0.1, -0.05) is 25.0 Å². The summed E-state index contributed by atoms with van der Waals surface area (Å²) in [4.78, 5) is 11.8. The second-order valence-electron chi connectivity index (χ2n) is 5.96. The average molecular weight is 348 g/mol. The number of alkyl halides is 3. The molecule has 0 aromatic heterocycles. The van der Waals surface area contributed by atoms with E-state index in [1.54, 1.807) is 0 Å². The Hall–Kier alpha value is -1.83. The molecule has 0 saturated heterocycles. The zero-order valence-corrected chi connectivity index (χ0v) is 12.9. The maximum atomic E-state index is 13.1. The van der Waals surface area contributed by atoms with E-state index < -0.39 is 36.1 Å². The van der Waals surface area contributed by atoms with E-state index in [0.29, 0.717) is 12.8 Å². The summed E-state index contributed by atoms with van der Waals surface area (Å²) in [6.45, 7) is -0.224. The summed E-state index contributed by atoms with van der Waals surface area (Å²) in [5.41, 5.74) is 0.279. The summed E-state index contributed by atoms with van der Waals surface area (Å²) in [7, 11) is 0. The van der Waals surface area contributed by atoms with Crippen molar-refractivity contribution < 1.29 is 27.5 Å². The highest BCUT2D eigenvalue weighted by Crippen LogP contribution is 2.37. The minimum atomic E-state index is -4.35. The van der Waals surface area contributed by atoms with Crippen molar-refractivity contribution in [1.82, 2.24) is 10.6 Å². The molecule has 0 bridgehead atoms. The SMILES string of the molecule is O=C(NCC(O)c1cccc(F)c1)NC1CCCCC1C(F)(F)F. The predicted molar refractivity (Wildman–Crippen MR) is 79.7 cm³/mol. The molecule has 3 unspecified atom stereocenters. The lowest BCUT2D eigenvalue weighted by molar-refractivity contribution is -0.187. The molecule has 4 nitrogen and oxygen atoms in total. The molecule has 1 aliphatic carbocycles. The van der Waals surface area contributed by atoms with Gasteiger partial charge in [-0.05, 0) is 30.5 Å². The van der Waals surface area contributed by atoms with Gasteiger partial charge in [-0.25, -0.2) is 9.18 Å². The minimum Gasteiger partial charge on any atom is -0.387 e. The number of benzene rings is 1. The van der Waals surface area contributed by atoms with Gasteiger partial charge in [0.2, 0.25) is 0 Å². The summed E-state index contributed by atoms with van der Waals surface area (Å²) in [5, 5.41) is 14.6. The Morgan fingerprint density at radius 3 is 2.67 bits per heavy atom. The van der Waals surface area contributed by atoms with Crippen LogP contribution in [0.2, 0.25) is 0 Å². The monoisotopic (exact) mass is 348 g/mol. The number of aliphatic hydroxyl groups is 1. The number of hydrogen-bond acceptors (Lipinski definition) is 2. The first-order chi connectivity index (χ1) is 11.3. The number of carbonyl (C=O) groups is 1. The van der Waals surface area contributed by atoms with Gasteiger partial charge < -0.3 is 15.7 Å². The highest BCUT2D eigenvalue weighted by Gasteiger charge is 2.45. The van der Waals surface area contributed by atoms with E-state index in [4.69, 9.17) is 0 Å². The highest BCUT2D eigenvalue weighted by molar-refractivity contribution is 5.74. The third kappa shape index (κ3) is 5.09. The van der Waals surface area contributed by atoms with E-state index in [2.05, 4.69) is 10.6 Å². The Bertz CT molecular complexity index is 565. The lowest BCUT2D eigenvalue weighted by Gasteiger charge is -2.33. The Labute approximate surface area is 137 Å². The summed E-state index contributed by atoms with van der Waals surface area (Å²) in [6, 6.07) is 3.52. The largest absolute Gasteiger partial charge is 0.393 e. The van der Waals surface area contributed by atoms with E-state index in [1.165, 1.54) is 18.2 Å². The summed E-state index contributed by atoms with van der Waals surface area (Å²) >= 11 is 0. The Balaban J connectivity index is 1.86. The second kappa shape index (κ2) is 7.83. The molecular weight excluding hydrogens is 328 g/mol. The first-order valence-corrected chi connectivity index (χ1v) is 7.82. The van der Waals surface area contributed by atoms with Crippen LogP contribution >= 0.6 is 0 Å². The maximum Gasteiger partial charge on any atom is 0.393 e. The molecule has 1 aromatic rings. The number of halogens is 4. The highest BCUT2D eigenvalue weighted by atomic mass is 19.4. The summed E-state index contributed by atoms with van der Waals surface area (Å²) < 4.78 is 52.0. The molecule has 1 aliphatic rings. The number of rotatable bonds is 4. The van der Waals surface area contributed by atoms with Crippen LogP contribution in [0.15, 0.2) is 24.3 Å². The Morgan fingerprint density at radius 1 is 1.29 bits per heavy atom. The van der Waals surface area contributed by atoms with Gasteiger partial charge in [0.05, 0.1) is 12.0 Å². The third-order valence-electron chi connectivity index (χ3n) is 4.19. The fraction of sp³-hybridized carbons (Fsp3) is 0.562. The zero-order chi connectivity index (χ0) is 17.7. The van der Waals surface area contributed by atoms with Crippen LogP contribution in [0.5, 0.6) is 0 Å². The molecule has 3 atom stereocenters. The quantitative estimate of drug-likeness (QED) is 0.732.